The molecule has 3 nitrogen and oxygen atoms in total. The van der Waals surface area contributed by atoms with Crippen molar-refractivity contribution in [3.63, 3.8) is 0 Å². The van der Waals surface area contributed by atoms with Crippen molar-refractivity contribution in [1.82, 2.24) is 9.55 Å². The van der Waals surface area contributed by atoms with E-state index in [0.29, 0.717) is 6.54 Å². The molecule has 0 aliphatic rings. The Morgan fingerprint density at radius 2 is 2.23 bits per heavy atom. The average Bonchev–Trinajstić information content (AvgIpc) is 2.09. The Hall–Kier alpha value is -0.540. The molecule has 13 heavy (non-hydrogen) atoms. The zero-order valence-electron chi connectivity index (χ0n) is 7.26. The molecule has 0 aromatic carbocycles. The third kappa shape index (κ3) is 2.71. The summed E-state index contributed by atoms with van der Waals surface area (Å²) in [5.74, 6) is 0. The molecule has 0 spiro atoms. The molecule has 1 aromatic heterocycles. The van der Waals surface area contributed by atoms with E-state index in [1.54, 1.807) is 0 Å². The summed E-state index contributed by atoms with van der Waals surface area (Å²) in [5.41, 5.74) is -0.278. The van der Waals surface area contributed by atoms with Crippen LogP contribution in [0.2, 0.25) is 10.3 Å². The SMILES string of the molecule is CCCCn1cc(Cl)nc(Cl)c1=O. The van der Waals surface area contributed by atoms with Gasteiger partial charge in [0.1, 0.15) is 5.15 Å². The van der Waals surface area contributed by atoms with Crippen LogP contribution in [0.1, 0.15) is 19.8 Å². The van der Waals surface area contributed by atoms with Crippen molar-refractivity contribution in [1.29, 1.82) is 0 Å². The minimum atomic E-state index is -0.278. The Labute approximate surface area is 86.3 Å². The summed E-state index contributed by atoms with van der Waals surface area (Å²) in [4.78, 5) is 15.0. The first-order valence-corrected chi connectivity index (χ1v) is 4.83. The molecule has 0 amide bonds. The summed E-state index contributed by atoms with van der Waals surface area (Å²) in [6.45, 7) is 2.69. The Morgan fingerprint density at radius 1 is 1.54 bits per heavy atom. The van der Waals surface area contributed by atoms with E-state index in [4.69, 9.17) is 23.2 Å². The quantitative estimate of drug-likeness (QED) is 0.785. The molecule has 1 rings (SSSR count). The van der Waals surface area contributed by atoms with Gasteiger partial charge in [-0.05, 0) is 6.42 Å². The molecule has 1 heterocycles. The molecule has 0 saturated carbocycles. The third-order valence-corrected chi connectivity index (χ3v) is 2.09. The average molecular weight is 221 g/mol. The van der Waals surface area contributed by atoms with Gasteiger partial charge in [0.2, 0.25) is 0 Å². The van der Waals surface area contributed by atoms with Crippen LogP contribution in [0, 0.1) is 0 Å². The van der Waals surface area contributed by atoms with E-state index in [1.807, 2.05) is 0 Å². The molecule has 72 valence electrons. The van der Waals surface area contributed by atoms with Crippen LogP contribution in [-0.2, 0) is 6.54 Å². The zero-order valence-corrected chi connectivity index (χ0v) is 8.77. The highest BCUT2D eigenvalue weighted by atomic mass is 35.5. The monoisotopic (exact) mass is 220 g/mol. The van der Waals surface area contributed by atoms with E-state index in [1.165, 1.54) is 10.8 Å². The highest BCUT2D eigenvalue weighted by Gasteiger charge is 2.03. The maximum absolute atomic E-state index is 11.3. The molecule has 0 unspecified atom stereocenters. The second-order valence-electron chi connectivity index (χ2n) is 2.71. The van der Waals surface area contributed by atoms with Gasteiger partial charge in [-0.15, -0.1) is 0 Å². The van der Waals surface area contributed by atoms with Crippen LogP contribution in [0.15, 0.2) is 11.0 Å². The van der Waals surface area contributed by atoms with E-state index >= 15 is 0 Å². The van der Waals surface area contributed by atoms with Gasteiger partial charge in [0.25, 0.3) is 5.56 Å². The summed E-state index contributed by atoms with van der Waals surface area (Å²) in [7, 11) is 0. The molecule has 0 saturated heterocycles. The van der Waals surface area contributed by atoms with Crippen molar-refractivity contribution < 1.29 is 0 Å². The molecule has 0 atom stereocenters. The molecule has 0 aliphatic carbocycles. The van der Waals surface area contributed by atoms with Crippen LogP contribution >= 0.6 is 23.2 Å². The lowest BCUT2D eigenvalue weighted by atomic mass is 10.3. The van der Waals surface area contributed by atoms with E-state index in [2.05, 4.69) is 11.9 Å². The van der Waals surface area contributed by atoms with Gasteiger partial charge in [0.05, 0.1) is 0 Å². The van der Waals surface area contributed by atoms with Crippen LogP contribution in [0.25, 0.3) is 0 Å². The first-order valence-electron chi connectivity index (χ1n) is 4.07. The zero-order chi connectivity index (χ0) is 9.84. The van der Waals surface area contributed by atoms with Crippen molar-refractivity contribution in [2.45, 2.75) is 26.3 Å². The van der Waals surface area contributed by atoms with Crippen molar-refractivity contribution in [3.8, 4) is 0 Å². The number of hydrogen-bond donors (Lipinski definition) is 0. The molecule has 5 heteroatoms. The molecule has 0 N–H and O–H groups in total. The highest BCUT2D eigenvalue weighted by Crippen LogP contribution is 2.06. The fraction of sp³-hybridized carbons (Fsp3) is 0.500. The molecule has 0 fully saturated rings. The Morgan fingerprint density at radius 3 is 2.85 bits per heavy atom. The number of aryl methyl sites for hydroxylation is 1. The van der Waals surface area contributed by atoms with Crippen molar-refractivity contribution >= 4 is 23.2 Å². The Kier molecular flexibility index (Phi) is 3.75. The normalized spacial score (nSPS) is 10.4. The molecule has 0 radical (unpaired) electrons. The van der Waals surface area contributed by atoms with Crippen LogP contribution in [-0.4, -0.2) is 9.55 Å². The first kappa shape index (κ1) is 10.5. The predicted octanol–water partition coefficient (Wildman–Crippen LogP) is 2.35. The number of halogens is 2. The smallest absolute Gasteiger partial charge is 0.288 e. The maximum atomic E-state index is 11.3. The Bertz CT molecular complexity index is 348. The highest BCUT2D eigenvalue weighted by molar-refractivity contribution is 6.32. The molecule has 0 aliphatic heterocycles. The fourth-order valence-corrected chi connectivity index (χ4v) is 1.42. The topological polar surface area (TPSA) is 34.9 Å². The van der Waals surface area contributed by atoms with Gasteiger partial charge in [0.15, 0.2) is 5.15 Å². The predicted molar refractivity (Wildman–Crippen MR) is 53.4 cm³/mol. The largest absolute Gasteiger partial charge is 0.310 e. The van der Waals surface area contributed by atoms with E-state index in [-0.39, 0.29) is 15.9 Å². The molecular weight excluding hydrogens is 211 g/mol. The van der Waals surface area contributed by atoms with Crippen molar-refractivity contribution in [2.75, 3.05) is 0 Å². The van der Waals surface area contributed by atoms with E-state index < -0.39 is 0 Å². The lowest BCUT2D eigenvalue weighted by Crippen LogP contribution is -2.21. The van der Waals surface area contributed by atoms with E-state index in [0.717, 1.165) is 12.8 Å². The number of nitrogens with zero attached hydrogens (tertiary/aromatic N) is 2. The fourth-order valence-electron chi connectivity index (χ4n) is 0.971. The third-order valence-electron chi connectivity index (χ3n) is 1.66. The summed E-state index contributed by atoms with van der Waals surface area (Å²) >= 11 is 11.2. The van der Waals surface area contributed by atoms with Crippen molar-refractivity contribution in [2.24, 2.45) is 0 Å². The van der Waals surface area contributed by atoms with Gasteiger partial charge in [-0.3, -0.25) is 4.79 Å². The first-order chi connectivity index (χ1) is 6.15. The minimum Gasteiger partial charge on any atom is -0.310 e. The number of aromatic nitrogens is 2. The standard InChI is InChI=1S/C8H10Cl2N2O/c1-2-3-4-12-5-6(9)11-7(10)8(12)13/h5H,2-4H2,1H3. The van der Waals surface area contributed by atoms with Crippen molar-refractivity contribution in [3.05, 3.63) is 26.9 Å². The molecule has 1 aromatic rings. The Balaban J connectivity index is 2.99. The van der Waals surface area contributed by atoms with E-state index in [9.17, 15) is 4.79 Å². The number of hydrogen-bond acceptors (Lipinski definition) is 2. The van der Waals surface area contributed by atoms with Gasteiger partial charge in [-0.1, -0.05) is 36.5 Å². The van der Waals surface area contributed by atoms with Crippen LogP contribution in [0.5, 0.6) is 0 Å². The summed E-state index contributed by atoms with van der Waals surface area (Å²) < 4.78 is 1.49. The van der Waals surface area contributed by atoms with Crippen LogP contribution < -0.4 is 5.56 Å². The van der Waals surface area contributed by atoms with Gasteiger partial charge < -0.3 is 4.57 Å². The molecule has 0 bridgehead atoms. The summed E-state index contributed by atoms with van der Waals surface area (Å²) in [6.07, 6.45) is 3.45. The van der Waals surface area contributed by atoms with Crippen LogP contribution in [0.4, 0.5) is 0 Å². The second kappa shape index (κ2) is 4.63. The maximum Gasteiger partial charge on any atom is 0.288 e. The van der Waals surface area contributed by atoms with Gasteiger partial charge in [-0.2, -0.15) is 0 Å². The second-order valence-corrected chi connectivity index (χ2v) is 3.45. The van der Waals surface area contributed by atoms with Gasteiger partial charge in [0, 0.05) is 12.7 Å². The lowest BCUT2D eigenvalue weighted by molar-refractivity contribution is 0.609. The molecular formula is C8H10Cl2N2O. The van der Waals surface area contributed by atoms with Gasteiger partial charge in [-0.25, -0.2) is 4.98 Å². The number of unbranched alkanes of at least 4 members (excludes halogenated alkanes) is 1. The van der Waals surface area contributed by atoms with Gasteiger partial charge >= 0.3 is 0 Å². The summed E-state index contributed by atoms with van der Waals surface area (Å²) in [5, 5.41) is 0.185. The van der Waals surface area contributed by atoms with Crippen LogP contribution in [0.3, 0.4) is 0 Å². The lowest BCUT2D eigenvalue weighted by Gasteiger charge is -2.04. The minimum absolute atomic E-state index is 0.0661. The number of rotatable bonds is 3. The summed E-state index contributed by atoms with van der Waals surface area (Å²) in [6, 6.07) is 0.